The zero-order valence-electron chi connectivity index (χ0n) is 13.8. The normalized spacial score (nSPS) is 11.8. The van der Waals surface area contributed by atoms with Gasteiger partial charge < -0.3 is 0 Å². The van der Waals surface area contributed by atoms with Crippen LogP contribution in [0.1, 0.15) is 30.7 Å². The van der Waals surface area contributed by atoms with E-state index < -0.39 is 9.84 Å². The minimum absolute atomic E-state index is 0.00725. The van der Waals surface area contributed by atoms with Gasteiger partial charge in [-0.05, 0) is 24.0 Å². The maximum absolute atomic E-state index is 12.9. The Morgan fingerprint density at radius 1 is 1.20 bits per heavy atom. The number of sulfone groups is 1. The topological polar surface area (TPSA) is 77.7 Å². The molecule has 6 nitrogen and oxygen atoms in total. The Morgan fingerprint density at radius 3 is 2.44 bits per heavy atom. The highest BCUT2D eigenvalue weighted by Gasteiger charge is 2.26. The van der Waals surface area contributed by atoms with E-state index in [0.717, 1.165) is 41.2 Å². The van der Waals surface area contributed by atoms with Crippen LogP contribution in [0.3, 0.4) is 0 Å². The van der Waals surface area contributed by atoms with Gasteiger partial charge in [-0.15, -0.1) is 5.10 Å². The van der Waals surface area contributed by atoms with Gasteiger partial charge in [0.05, 0.1) is 5.69 Å². The summed E-state index contributed by atoms with van der Waals surface area (Å²) >= 11 is 6.93. The predicted octanol–water partition coefficient (Wildman–Crippen LogP) is 3.48. The molecular formula is C16H17ClN4O2S2. The molecule has 0 aliphatic heterocycles. The van der Waals surface area contributed by atoms with Crippen molar-refractivity contribution in [2.75, 3.05) is 0 Å². The van der Waals surface area contributed by atoms with Gasteiger partial charge in [0.2, 0.25) is 15.0 Å². The van der Waals surface area contributed by atoms with Crippen LogP contribution in [0.15, 0.2) is 35.7 Å². The van der Waals surface area contributed by atoms with Crippen molar-refractivity contribution in [1.82, 2.24) is 19.1 Å². The van der Waals surface area contributed by atoms with E-state index in [1.807, 2.05) is 32.0 Å². The van der Waals surface area contributed by atoms with Crippen LogP contribution in [0.4, 0.5) is 0 Å². The molecule has 0 saturated carbocycles. The quantitative estimate of drug-likeness (QED) is 0.637. The Kier molecular flexibility index (Phi) is 5.21. The second kappa shape index (κ2) is 7.23. The van der Waals surface area contributed by atoms with Crippen LogP contribution in [0.5, 0.6) is 0 Å². The SMILES string of the molecule is CCc1cccc(CC)c1-n1ccnc1S(=O)(=O)Cc1nnsc1Cl. The van der Waals surface area contributed by atoms with E-state index in [2.05, 4.69) is 14.6 Å². The van der Waals surface area contributed by atoms with Gasteiger partial charge in [0.1, 0.15) is 15.8 Å². The first-order valence-corrected chi connectivity index (χ1v) is 10.6. The summed E-state index contributed by atoms with van der Waals surface area (Å²) in [6, 6.07) is 6.01. The van der Waals surface area contributed by atoms with E-state index >= 15 is 0 Å². The lowest BCUT2D eigenvalue weighted by Gasteiger charge is -2.16. The fourth-order valence-corrected chi connectivity index (χ4v) is 4.90. The molecule has 0 fully saturated rings. The van der Waals surface area contributed by atoms with E-state index in [9.17, 15) is 8.42 Å². The number of benzene rings is 1. The van der Waals surface area contributed by atoms with E-state index in [1.165, 1.54) is 6.20 Å². The zero-order valence-corrected chi connectivity index (χ0v) is 16.2. The van der Waals surface area contributed by atoms with Gasteiger partial charge in [0.25, 0.3) is 0 Å². The number of aromatic nitrogens is 4. The van der Waals surface area contributed by atoms with E-state index in [0.29, 0.717) is 0 Å². The predicted molar refractivity (Wildman–Crippen MR) is 98.1 cm³/mol. The number of nitrogens with zero attached hydrogens (tertiary/aromatic N) is 4. The first kappa shape index (κ1) is 18.0. The molecule has 0 atom stereocenters. The fourth-order valence-electron chi connectivity index (χ4n) is 2.74. The number of hydrogen-bond acceptors (Lipinski definition) is 6. The highest BCUT2D eigenvalue weighted by molar-refractivity contribution is 7.90. The van der Waals surface area contributed by atoms with E-state index in [-0.39, 0.29) is 20.9 Å². The van der Waals surface area contributed by atoms with Crippen molar-refractivity contribution in [3.63, 3.8) is 0 Å². The molecule has 2 heterocycles. The number of aryl methyl sites for hydroxylation is 2. The summed E-state index contributed by atoms with van der Waals surface area (Å²) in [4.78, 5) is 4.11. The first-order chi connectivity index (χ1) is 12.0. The fraction of sp³-hybridized carbons (Fsp3) is 0.312. The smallest absolute Gasteiger partial charge is 0.232 e. The van der Waals surface area contributed by atoms with Crippen LogP contribution < -0.4 is 0 Å². The van der Waals surface area contributed by atoms with Crippen LogP contribution >= 0.6 is 23.1 Å². The molecule has 0 aliphatic rings. The maximum Gasteiger partial charge on any atom is 0.232 e. The molecule has 0 radical (unpaired) electrons. The van der Waals surface area contributed by atoms with Crippen LogP contribution in [0.2, 0.25) is 4.34 Å². The number of imidazole rings is 1. The molecule has 3 rings (SSSR count). The van der Waals surface area contributed by atoms with E-state index in [1.54, 1.807) is 10.8 Å². The second-order valence-electron chi connectivity index (χ2n) is 5.46. The van der Waals surface area contributed by atoms with Gasteiger partial charge in [0, 0.05) is 23.9 Å². The highest BCUT2D eigenvalue weighted by Crippen LogP contribution is 2.27. The summed E-state index contributed by atoms with van der Waals surface area (Å²) in [6.07, 6.45) is 4.77. The molecule has 1 aromatic carbocycles. The minimum atomic E-state index is -3.72. The number of halogens is 1. The molecule has 0 bridgehead atoms. The minimum Gasteiger partial charge on any atom is -0.290 e. The number of para-hydroxylation sites is 1. The van der Waals surface area contributed by atoms with Gasteiger partial charge in [-0.1, -0.05) is 48.1 Å². The zero-order chi connectivity index (χ0) is 18.0. The molecular weight excluding hydrogens is 380 g/mol. The van der Waals surface area contributed by atoms with Crippen molar-refractivity contribution in [1.29, 1.82) is 0 Å². The van der Waals surface area contributed by atoms with Crippen molar-refractivity contribution < 1.29 is 8.42 Å². The summed E-state index contributed by atoms with van der Waals surface area (Å²) < 4.78 is 31.4. The average molecular weight is 397 g/mol. The Balaban J connectivity index is 2.12. The Morgan fingerprint density at radius 2 is 1.88 bits per heavy atom. The third kappa shape index (κ3) is 3.47. The molecule has 0 aliphatic carbocycles. The van der Waals surface area contributed by atoms with Gasteiger partial charge in [-0.3, -0.25) is 4.57 Å². The molecule has 0 spiro atoms. The monoisotopic (exact) mass is 396 g/mol. The van der Waals surface area contributed by atoms with Crippen molar-refractivity contribution >= 4 is 33.0 Å². The van der Waals surface area contributed by atoms with Gasteiger partial charge >= 0.3 is 0 Å². The summed E-state index contributed by atoms with van der Waals surface area (Å²) in [5, 5.41) is 3.79. The molecule has 132 valence electrons. The highest BCUT2D eigenvalue weighted by atomic mass is 35.5. The van der Waals surface area contributed by atoms with Crippen LogP contribution in [-0.4, -0.2) is 27.6 Å². The molecule has 25 heavy (non-hydrogen) atoms. The van der Waals surface area contributed by atoms with E-state index in [4.69, 9.17) is 11.6 Å². The Hall–Kier alpha value is -1.77. The third-order valence-electron chi connectivity index (χ3n) is 3.93. The molecule has 0 N–H and O–H groups in total. The summed E-state index contributed by atoms with van der Waals surface area (Å²) in [5.74, 6) is -0.324. The van der Waals surface area contributed by atoms with Crippen LogP contribution in [0, 0.1) is 0 Å². The summed E-state index contributed by atoms with van der Waals surface area (Å²) in [5.41, 5.74) is 3.27. The standard InChI is InChI=1S/C16H17ClN4O2S2/c1-3-11-6-5-7-12(4-2)14(11)21-9-8-18-16(21)25(22,23)10-13-15(17)24-20-19-13/h5-9H,3-4,10H2,1-2H3. The number of rotatable bonds is 6. The first-order valence-electron chi connectivity index (χ1n) is 7.81. The summed E-state index contributed by atoms with van der Waals surface area (Å²) in [7, 11) is -3.72. The van der Waals surface area contributed by atoms with Crippen molar-refractivity contribution in [3.8, 4) is 5.69 Å². The molecule has 9 heteroatoms. The third-order valence-corrected chi connectivity index (χ3v) is 6.42. The van der Waals surface area contributed by atoms with Gasteiger partial charge in [-0.25, -0.2) is 13.4 Å². The molecule has 3 aromatic rings. The second-order valence-corrected chi connectivity index (χ2v) is 8.70. The van der Waals surface area contributed by atoms with Gasteiger partial charge in [0.15, 0.2) is 0 Å². The van der Waals surface area contributed by atoms with Crippen molar-refractivity contribution in [2.45, 2.75) is 37.6 Å². The van der Waals surface area contributed by atoms with Crippen LogP contribution in [-0.2, 0) is 28.4 Å². The summed E-state index contributed by atoms with van der Waals surface area (Å²) in [6.45, 7) is 4.09. The Labute approximate surface area is 155 Å². The maximum atomic E-state index is 12.9. The van der Waals surface area contributed by atoms with Crippen LogP contribution in [0.25, 0.3) is 5.69 Å². The number of hydrogen-bond donors (Lipinski definition) is 0. The largest absolute Gasteiger partial charge is 0.290 e. The van der Waals surface area contributed by atoms with Crippen molar-refractivity contribution in [2.24, 2.45) is 0 Å². The Bertz CT molecular complexity index is 973. The average Bonchev–Trinajstić information content (AvgIpc) is 3.23. The molecule has 0 saturated heterocycles. The lowest BCUT2D eigenvalue weighted by Crippen LogP contribution is -2.14. The van der Waals surface area contributed by atoms with Gasteiger partial charge in [-0.2, -0.15) is 0 Å². The molecule has 2 aromatic heterocycles. The lowest BCUT2D eigenvalue weighted by molar-refractivity contribution is 0.582. The lowest BCUT2D eigenvalue weighted by atomic mass is 10.0. The molecule has 0 unspecified atom stereocenters. The molecule has 0 amide bonds. The van der Waals surface area contributed by atoms with Crippen molar-refractivity contribution in [3.05, 3.63) is 51.7 Å².